The molecule has 0 fully saturated rings. The van der Waals surface area contributed by atoms with Crippen LogP contribution in [0.4, 0.5) is 0 Å². The number of aryl methyl sites for hydroxylation is 1. The zero-order valence-electron chi connectivity index (χ0n) is 7.66. The molecule has 2 heteroatoms. The Labute approximate surface area is 78.1 Å². The summed E-state index contributed by atoms with van der Waals surface area (Å²) < 4.78 is 0. The van der Waals surface area contributed by atoms with Crippen LogP contribution in [0.1, 0.15) is 17.5 Å². The molecule has 0 saturated heterocycles. The molecule has 0 aromatic heterocycles. The summed E-state index contributed by atoms with van der Waals surface area (Å²) in [5, 5.41) is 0. The van der Waals surface area contributed by atoms with Crippen LogP contribution < -0.4 is 5.73 Å². The molecule has 1 rings (SSSR count). The Balaban J connectivity index is 3.05. The Morgan fingerprint density at radius 2 is 2.15 bits per heavy atom. The first-order valence-electron chi connectivity index (χ1n) is 4.20. The van der Waals surface area contributed by atoms with Gasteiger partial charge in [-0.05, 0) is 29.8 Å². The lowest BCUT2D eigenvalue weighted by molar-refractivity contribution is -0.107. The normalized spacial score (nSPS) is 11.3. The number of carbonyl (C=O) groups excluding carboxylic acids is 1. The SMILES string of the molecule is Cc1ccccc1/C(=C\N)CC=O. The second-order valence-electron chi connectivity index (χ2n) is 2.88. The third-order valence-electron chi connectivity index (χ3n) is 2.00. The van der Waals surface area contributed by atoms with Crippen molar-refractivity contribution in [3.05, 3.63) is 41.6 Å². The van der Waals surface area contributed by atoms with Gasteiger partial charge in [-0.1, -0.05) is 24.3 Å². The van der Waals surface area contributed by atoms with E-state index in [-0.39, 0.29) is 0 Å². The molecule has 0 aliphatic heterocycles. The van der Waals surface area contributed by atoms with E-state index in [1.165, 1.54) is 6.20 Å². The first kappa shape index (κ1) is 9.52. The van der Waals surface area contributed by atoms with Crippen LogP contribution >= 0.6 is 0 Å². The lowest BCUT2D eigenvalue weighted by atomic mass is 10.00. The zero-order valence-corrected chi connectivity index (χ0v) is 7.66. The fraction of sp³-hybridized carbons (Fsp3) is 0.182. The van der Waals surface area contributed by atoms with Gasteiger partial charge in [0.25, 0.3) is 0 Å². The van der Waals surface area contributed by atoms with Gasteiger partial charge >= 0.3 is 0 Å². The van der Waals surface area contributed by atoms with Crippen LogP contribution in [0.25, 0.3) is 5.57 Å². The maximum Gasteiger partial charge on any atom is 0.124 e. The minimum absolute atomic E-state index is 0.376. The molecule has 0 radical (unpaired) electrons. The summed E-state index contributed by atoms with van der Waals surface area (Å²) in [5.74, 6) is 0. The van der Waals surface area contributed by atoms with Crippen molar-refractivity contribution in [2.45, 2.75) is 13.3 Å². The summed E-state index contributed by atoms with van der Waals surface area (Å²) in [7, 11) is 0. The van der Waals surface area contributed by atoms with Crippen molar-refractivity contribution >= 4 is 11.9 Å². The first-order chi connectivity index (χ1) is 6.29. The third-order valence-corrected chi connectivity index (χ3v) is 2.00. The lowest BCUT2D eigenvalue weighted by Crippen LogP contribution is -1.93. The van der Waals surface area contributed by atoms with E-state index >= 15 is 0 Å². The molecule has 0 atom stereocenters. The molecule has 0 heterocycles. The Morgan fingerprint density at radius 3 is 2.69 bits per heavy atom. The number of hydrogen-bond acceptors (Lipinski definition) is 2. The first-order valence-corrected chi connectivity index (χ1v) is 4.20. The Morgan fingerprint density at radius 1 is 1.46 bits per heavy atom. The van der Waals surface area contributed by atoms with Crippen molar-refractivity contribution in [3.8, 4) is 0 Å². The predicted molar refractivity (Wildman–Crippen MR) is 54.0 cm³/mol. The van der Waals surface area contributed by atoms with E-state index in [9.17, 15) is 4.79 Å². The van der Waals surface area contributed by atoms with Gasteiger partial charge in [-0.3, -0.25) is 0 Å². The van der Waals surface area contributed by atoms with E-state index in [0.717, 1.165) is 23.0 Å². The van der Waals surface area contributed by atoms with Crippen LogP contribution in [-0.4, -0.2) is 6.29 Å². The summed E-state index contributed by atoms with van der Waals surface area (Å²) in [6, 6.07) is 7.88. The van der Waals surface area contributed by atoms with Crippen molar-refractivity contribution < 1.29 is 4.79 Å². The topological polar surface area (TPSA) is 43.1 Å². The van der Waals surface area contributed by atoms with Gasteiger partial charge < -0.3 is 10.5 Å². The van der Waals surface area contributed by atoms with Gasteiger partial charge in [0.2, 0.25) is 0 Å². The molecule has 1 aromatic rings. The summed E-state index contributed by atoms with van der Waals surface area (Å²) in [6.07, 6.45) is 2.74. The number of hydrogen-bond donors (Lipinski definition) is 1. The van der Waals surface area contributed by atoms with Crippen LogP contribution in [0.5, 0.6) is 0 Å². The van der Waals surface area contributed by atoms with E-state index < -0.39 is 0 Å². The quantitative estimate of drug-likeness (QED) is 0.713. The van der Waals surface area contributed by atoms with Gasteiger partial charge in [-0.2, -0.15) is 0 Å². The minimum atomic E-state index is 0.376. The molecule has 0 spiro atoms. The van der Waals surface area contributed by atoms with E-state index in [1.54, 1.807) is 0 Å². The summed E-state index contributed by atoms with van der Waals surface area (Å²) in [6.45, 7) is 2.00. The molecule has 13 heavy (non-hydrogen) atoms. The number of rotatable bonds is 3. The second-order valence-corrected chi connectivity index (χ2v) is 2.88. The summed E-state index contributed by atoms with van der Waals surface area (Å²) >= 11 is 0. The number of aldehydes is 1. The van der Waals surface area contributed by atoms with Crippen molar-refractivity contribution in [1.29, 1.82) is 0 Å². The molecule has 2 N–H and O–H groups in total. The number of nitrogens with two attached hydrogens (primary N) is 1. The average Bonchev–Trinajstić information content (AvgIpc) is 2.16. The third kappa shape index (κ3) is 2.18. The highest BCUT2D eigenvalue weighted by Crippen LogP contribution is 2.19. The van der Waals surface area contributed by atoms with E-state index in [4.69, 9.17) is 5.73 Å². The van der Waals surface area contributed by atoms with Gasteiger partial charge in [0.15, 0.2) is 0 Å². The molecule has 2 nitrogen and oxygen atoms in total. The molecular formula is C11H13NO. The van der Waals surface area contributed by atoms with E-state index in [1.807, 2.05) is 31.2 Å². The maximum atomic E-state index is 10.4. The van der Waals surface area contributed by atoms with Gasteiger partial charge in [0, 0.05) is 6.42 Å². The highest BCUT2D eigenvalue weighted by Gasteiger charge is 2.02. The van der Waals surface area contributed by atoms with Crippen LogP contribution in [0, 0.1) is 6.92 Å². The molecule has 68 valence electrons. The van der Waals surface area contributed by atoms with Crippen molar-refractivity contribution in [2.75, 3.05) is 0 Å². The zero-order chi connectivity index (χ0) is 9.68. The minimum Gasteiger partial charge on any atom is -0.404 e. The highest BCUT2D eigenvalue weighted by molar-refractivity contribution is 5.78. The molecule has 0 aliphatic carbocycles. The molecule has 0 bridgehead atoms. The number of carbonyl (C=O) groups is 1. The van der Waals surface area contributed by atoms with Crippen molar-refractivity contribution in [2.24, 2.45) is 5.73 Å². The van der Waals surface area contributed by atoms with Gasteiger partial charge in [-0.25, -0.2) is 0 Å². The van der Waals surface area contributed by atoms with Crippen molar-refractivity contribution in [1.82, 2.24) is 0 Å². The Hall–Kier alpha value is -1.57. The molecule has 0 amide bonds. The fourth-order valence-electron chi connectivity index (χ4n) is 1.29. The second kappa shape index (κ2) is 4.45. The lowest BCUT2D eigenvalue weighted by Gasteiger charge is -2.06. The molecule has 0 unspecified atom stereocenters. The summed E-state index contributed by atoms with van der Waals surface area (Å²) in [5.41, 5.74) is 8.51. The van der Waals surface area contributed by atoms with Crippen molar-refractivity contribution in [3.63, 3.8) is 0 Å². The Bertz CT molecular complexity index is 329. The predicted octanol–water partition coefficient (Wildman–Crippen LogP) is 1.88. The molecule has 0 saturated carbocycles. The fourth-order valence-corrected chi connectivity index (χ4v) is 1.29. The molecule has 1 aromatic carbocycles. The van der Waals surface area contributed by atoms with Crippen LogP contribution in [0.3, 0.4) is 0 Å². The van der Waals surface area contributed by atoms with Gasteiger partial charge in [0.1, 0.15) is 6.29 Å². The van der Waals surface area contributed by atoms with Gasteiger partial charge in [-0.15, -0.1) is 0 Å². The van der Waals surface area contributed by atoms with Crippen LogP contribution in [0.2, 0.25) is 0 Å². The van der Waals surface area contributed by atoms with Crippen LogP contribution in [0.15, 0.2) is 30.5 Å². The highest BCUT2D eigenvalue weighted by atomic mass is 16.1. The molecular weight excluding hydrogens is 162 g/mol. The largest absolute Gasteiger partial charge is 0.404 e. The monoisotopic (exact) mass is 175 g/mol. The van der Waals surface area contributed by atoms with Crippen LogP contribution in [-0.2, 0) is 4.79 Å². The van der Waals surface area contributed by atoms with E-state index in [2.05, 4.69) is 0 Å². The average molecular weight is 175 g/mol. The standard InChI is InChI=1S/C11H13NO/c1-9-4-2-3-5-11(9)10(8-12)6-7-13/h2-5,7-8H,6,12H2,1H3/b10-8-. The maximum absolute atomic E-state index is 10.4. The van der Waals surface area contributed by atoms with Gasteiger partial charge in [0.05, 0.1) is 0 Å². The Kier molecular flexibility index (Phi) is 3.26. The summed E-state index contributed by atoms with van der Waals surface area (Å²) in [4.78, 5) is 10.4. The van der Waals surface area contributed by atoms with E-state index in [0.29, 0.717) is 6.42 Å². The number of benzene rings is 1. The smallest absolute Gasteiger partial charge is 0.124 e. The number of allylic oxidation sites excluding steroid dienone is 1. The molecule has 0 aliphatic rings.